The summed E-state index contributed by atoms with van der Waals surface area (Å²) in [6, 6.07) is 4.00. The van der Waals surface area contributed by atoms with Crippen molar-refractivity contribution in [3.8, 4) is 0 Å². The molecule has 1 N–H and O–H groups in total. The van der Waals surface area contributed by atoms with Crippen LogP contribution in [0.5, 0.6) is 0 Å². The van der Waals surface area contributed by atoms with Crippen LogP contribution in [-0.2, 0) is 4.79 Å². The Balaban J connectivity index is 1.72. The number of nitrogens with zero attached hydrogens (tertiary/aromatic N) is 1. The molecule has 0 spiro atoms. The molecular weight excluding hydrogens is 292 g/mol. The first kappa shape index (κ1) is 15.6. The van der Waals surface area contributed by atoms with Crippen molar-refractivity contribution in [2.45, 2.75) is 56.0 Å². The van der Waals surface area contributed by atoms with Gasteiger partial charge < -0.3 is 5.32 Å². The van der Waals surface area contributed by atoms with Gasteiger partial charge in [-0.15, -0.1) is 0 Å². The molecule has 0 saturated heterocycles. The van der Waals surface area contributed by atoms with Gasteiger partial charge in [0.2, 0.25) is 5.91 Å². The molecule has 110 valence electrons. The summed E-state index contributed by atoms with van der Waals surface area (Å²) in [6.07, 6.45) is 10.3. The number of amides is 1. The number of aromatic nitrogens is 1. The highest BCUT2D eigenvalue weighted by molar-refractivity contribution is 7.99. The van der Waals surface area contributed by atoms with E-state index >= 15 is 0 Å². The molecule has 0 unspecified atom stereocenters. The van der Waals surface area contributed by atoms with Crippen molar-refractivity contribution in [3.05, 3.63) is 23.4 Å². The Bertz CT molecular complexity index is 416. The third-order valence-electron chi connectivity index (χ3n) is 3.52. The lowest BCUT2D eigenvalue weighted by molar-refractivity contribution is -0.119. The largest absolute Gasteiger partial charge is 0.353 e. The van der Waals surface area contributed by atoms with Gasteiger partial charge in [-0.1, -0.05) is 55.5 Å². The molecule has 0 radical (unpaired) electrons. The first-order valence-corrected chi connectivity index (χ1v) is 8.64. The smallest absolute Gasteiger partial charge is 0.230 e. The van der Waals surface area contributed by atoms with Crippen LogP contribution in [0.2, 0.25) is 5.02 Å². The first-order chi connectivity index (χ1) is 9.74. The average Bonchev–Trinajstić information content (AvgIpc) is 2.41. The van der Waals surface area contributed by atoms with Crippen LogP contribution in [0.1, 0.15) is 44.9 Å². The molecule has 0 bridgehead atoms. The molecule has 2 rings (SSSR count). The van der Waals surface area contributed by atoms with Gasteiger partial charge in [0.25, 0.3) is 0 Å². The lowest BCUT2D eigenvalue weighted by atomic mass is 9.97. The SMILES string of the molecule is O=C(CSc1ccc(Cl)cn1)NC1CCCCCCC1. The number of halogens is 1. The molecule has 0 aliphatic heterocycles. The van der Waals surface area contributed by atoms with Crippen LogP contribution in [0.25, 0.3) is 0 Å². The fourth-order valence-electron chi connectivity index (χ4n) is 2.46. The Morgan fingerprint density at radius 1 is 1.25 bits per heavy atom. The van der Waals surface area contributed by atoms with Gasteiger partial charge in [-0.3, -0.25) is 4.79 Å². The lowest BCUT2D eigenvalue weighted by Gasteiger charge is -2.20. The van der Waals surface area contributed by atoms with Crippen molar-refractivity contribution in [2.75, 3.05) is 5.75 Å². The first-order valence-electron chi connectivity index (χ1n) is 7.28. The molecule has 0 aromatic carbocycles. The Morgan fingerprint density at radius 2 is 1.95 bits per heavy atom. The van der Waals surface area contributed by atoms with Crippen LogP contribution >= 0.6 is 23.4 Å². The lowest BCUT2D eigenvalue weighted by Crippen LogP contribution is -2.36. The van der Waals surface area contributed by atoms with Crippen molar-refractivity contribution in [1.82, 2.24) is 10.3 Å². The number of carbonyl (C=O) groups excluding carboxylic acids is 1. The molecule has 1 fully saturated rings. The number of pyridine rings is 1. The maximum absolute atomic E-state index is 12.0. The van der Waals surface area contributed by atoms with E-state index in [9.17, 15) is 4.79 Å². The van der Waals surface area contributed by atoms with Gasteiger partial charge in [0, 0.05) is 12.2 Å². The van der Waals surface area contributed by atoms with Gasteiger partial charge >= 0.3 is 0 Å². The van der Waals surface area contributed by atoms with Gasteiger partial charge in [0.15, 0.2) is 0 Å². The highest BCUT2D eigenvalue weighted by Gasteiger charge is 2.14. The molecule has 1 heterocycles. The third-order valence-corrected chi connectivity index (χ3v) is 4.69. The van der Waals surface area contributed by atoms with E-state index in [1.807, 2.05) is 6.07 Å². The van der Waals surface area contributed by atoms with E-state index in [0.29, 0.717) is 16.8 Å². The predicted molar refractivity (Wildman–Crippen MR) is 84.2 cm³/mol. The number of hydrogen-bond donors (Lipinski definition) is 1. The fraction of sp³-hybridized carbons (Fsp3) is 0.600. The zero-order valence-electron chi connectivity index (χ0n) is 11.6. The molecule has 0 atom stereocenters. The van der Waals surface area contributed by atoms with Gasteiger partial charge in [0.05, 0.1) is 15.8 Å². The Hall–Kier alpha value is -0.740. The Labute approximate surface area is 129 Å². The summed E-state index contributed by atoms with van der Waals surface area (Å²) < 4.78 is 0. The molecule has 1 aromatic rings. The van der Waals surface area contributed by atoms with Crippen molar-refractivity contribution in [3.63, 3.8) is 0 Å². The summed E-state index contributed by atoms with van der Waals surface area (Å²) in [7, 11) is 0. The average molecular weight is 313 g/mol. The van der Waals surface area contributed by atoms with E-state index in [4.69, 9.17) is 11.6 Å². The summed E-state index contributed by atoms with van der Waals surface area (Å²) in [6.45, 7) is 0. The zero-order chi connectivity index (χ0) is 14.2. The number of hydrogen-bond acceptors (Lipinski definition) is 3. The summed E-state index contributed by atoms with van der Waals surface area (Å²) in [4.78, 5) is 16.1. The maximum atomic E-state index is 12.0. The van der Waals surface area contributed by atoms with Gasteiger partial charge in [-0.25, -0.2) is 4.98 Å². The van der Waals surface area contributed by atoms with E-state index in [0.717, 1.165) is 17.9 Å². The minimum Gasteiger partial charge on any atom is -0.353 e. The molecule has 1 saturated carbocycles. The number of carbonyl (C=O) groups is 1. The maximum Gasteiger partial charge on any atom is 0.230 e. The second kappa shape index (κ2) is 8.53. The molecule has 1 aromatic heterocycles. The molecule has 1 amide bonds. The molecule has 3 nitrogen and oxygen atoms in total. The summed E-state index contributed by atoms with van der Waals surface area (Å²) >= 11 is 7.23. The molecule has 5 heteroatoms. The van der Waals surface area contributed by atoms with E-state index in [2.05, 4.69) is 10.3 Å². The van der Waals surface area contributed by atoms with E-state index in [1.165, 1.54) is 43.9 Å². The number of rotatable bonds is 4. The molecular formula is C15H21ClN2OS. The highest BCUT2D eigenvalue weighted by Crippen LogP contribution is 2.19. The second-order valence-corrected chi connectivity index (χ2v) is 6.64. The van der Waals surface area contributed by atoms with Crippen LogP contribution in [0.15, 0.2) is 23.4 Å². The van der Waals surface area contributed by atoms with Gasteiger partial charge in [-0.05, 0) is 25.0 Å². The van der Waals surface area contributed by atoms with Crippen molar-refractivity contribution >= 4 is 29.3 Å². The molecule has 1 aliphatic carbocycles. The molecule has 20 heavy (non-hydrogen) atoms. The zero-order valence-corrected chi connectivity index (χ0v) is 13.2. The Kier molecular flexibility index (Phi) is 6.67. The minimum atomic E-state index is 0.109. The van der Waals surface area contributed by atoms with Gasteiger partial charge in [0.1, 0.15) is 0 Å². The standard InChI is InChI=1S/C15H21ClN2OS/c16-12-8-9-15(17-10-12)20-11-14(19)18-13-6-4-2-1-3-5-7-13/h8-10,13H,1-7,11H2,(H,18,19). The predicted octanol–water partition coefficient (Wildman–Crippen LogP) is 4.06. The second-order valence-electron chi connectivity index (χ2n) is 5.21. The number of thioether (sulfide) groups is 1. The molecule has 1 aliphatic rings. The summed E-state index contributed by atoms with van der Waals surface area (Å²) in [5, 5.41) is 4.61. The van der Waals surface area contributed by atoms with E-state index in [1.54, 1.807) is 12.3 Å². The minimum absolute atomic E-state index is 0.109. The van der Waals surface area contributed by atoms with Crippen LogP contribution in [-0.4, -0.2) is 22.7 Å². The van der Waals surface area contributed by atoms with E-state index in [-0.39, 0.29) is 5.91 Å². The topological polar surface area (TPSA) is 42.0 Å². The summed E-state index contributed by atoms with van der Waals surface area (Å²) in [5.74, 6) is 0.530. The fourth-order valence-corrected chi connectivity index (χ4v) is 3.22. The monoisotopic (exact) mass is 312 g/mol. The Morgan fingerprint density at radius 3 is 2.60 bits per heavy atom. The quantitative estimate of drug-likeness (QED) is 0.853. The van der Waals surface area contributed by atoms with Crippen molar-refractivity contribution < 1.29 is 4.79 Å². The van der Waals surface area contributed by atoms with Gasteiger partial charge in [-0.2, -0.15) is 0 Å². The van der Waals surface area contributed by atoms with Crippen LogP contribution in [0.3, 0.4) is 0 Å². The number of nitrogens with one attached hydrogen (secondary N) is 1. The van der Waals surface area contributed by atoms with Crippen LogP contribution < -0.4 is 5.32 Å². The third kappa shape index (κ3) is 5.71. The van der Waals surface area contributed by atoms with Crippen LogP contribution in [0, 0.1) is 0 Å². The highest BCUT2D eigenvalue weighted by atomic mass is 35.5. The van der Waals surface area contributed by atoms with Crippen LogP contribution in [0.4, 0.5) is 0 Å². The normalized spacial score (nSPS) is 17.2. The van der Waals surface area contributed by atoms with Crippen molar-refractivity contribution in [2.24, 2.45) is 0 Å². The van der Waals surface area contributed by atoms with E-state index < -0.39 is 0 Å². The van der Waals surface area contributed by atoms with Crippen molar-refractivity contribution in [1.29, 1.82) is 0 Å². The summed E-state index contributed by atoms with van der Waals surface area (Å²) in [5.41, 5.74) is 0.